The molecule has 1 aromatic heterocycles. The van der Waals surface area contributed by atoms with Crippen LogP contribution in [0.25, 0.3) is 0 Å². The number of carboxylic acid groups (broad SMARTS) is 1. The number of aliphatic carboxylic acids is 1. The summed E-state index contributed by atoms with van der Waals surface area (Å²) in [5.74, 6) is -0.784. The quantitative estimate of drug-likeness (QED) is 0.834. The first-order chi connectivity index (χ1) is 11.8. The average molecular weight is 382 g/mol. The smallest absolute Gasteiger partial charge is 0.307 e. The Morgan fingerprint density at radius 2 is 2.16 bits per heavy atom. The number of amides is 1. The van der Waals surface area contributed by atoms with E-state index in [0.717, 1.165) is 16.9 Å². The van der Waals surface area contributed by atoms with Crippen LogP contribution in [-0.2, 0) is 9.53 Å². The van der Waals surface area contributed by atoms with Gasteiger partial charge in [-0.3, -0.25) is 9.59 Å². The number of rotatable bonds is 4. The molecule has 25 heavy (non-hydrogen) atoms. The summed E-state index contributed by atoms with van der Waals surface area (Å²) in [6, 6.07) is 2.63. The Morgan fingerprint density at radius 1 is 1.44 bits per heavy atom. The van der Waals surface area contributed by atoms with Crippen LogP contribution in [0.2, 0.25) is 0 Å². The number of ether oxygens (including phenoxy) is 1. The van der Waals surface area contributed by atoms with Crippen molar-refractivity contribution in [2.45, 2.75) is 25.8 Å². The minimum absolute atomic E-state index is 0.0500. The SMILES string of the molecule is COC1=C(Cl)CC2C(=C1)C(CC(=O)O)=C(C)N2C(=O)c1ccc(O)s1. The van der Waals surface area contributed by atoms with Crippen LogP contribution >= 0.6 is 22.9 Å². The highest BCUT2D eigenvalue weighted by atomic mass is 35.5. The molecule has 2 aliphatic rings. The Morgan fingerprint density at radius 3 is 2.72 bits per heavy atom. The van der Waals surface area contributed by atoms with Crippen molar-refractivity contribution >= 4 is 34.8 Å². The molecule has 132 valence electrons. The van der Waals surface area contributed by atoms with Crippen LogP contribution in [0, 0.1) is 0 Å². The third-order valence-electron chi connectivity index (χ3n) is 4.31. The number of hydrogen-bond donors (Lipinski definition) is 2. The van der Waals surface area contributed by atoms with E-state index >= 15 is 0 Å². The van der Waals surface area contributed by atoms with Gasteiger partial charge in [0, 0.05) is 12.1 Å². The van der Waals surface area contributed by atoms with E-state index in [0.29, 0.717) is 33.4 Å². The molecule has 1 unspecified atom stereocenters. The van der Waals surface area contributed by atoms with E-state index in [1.807, 2.05) is 0 Å². The molecule has 1 aromatic rings. The van der Waals surface area contributed by atoms with Gasteiger partial charge in [0.25, 0.3) is 5.91 Å². The number of methoxy groups -OCH3 is 1. The van der Waals surface area contributed by atoms with Crippen molar-refractivity contribution in [3.63, 3.8) is 0 Å². The molecule has 0 spiro atoms. The van der Waals surface area contributed by atoms with E-state index in [1.54, 1.807) is 24.0 Å². The molecule has 1 aliphatic carbocycles. The molecular formula is C17H16ClNO5S. The minimum atomic E-state index is -0.975. The van der Waals surface area contributed by atoms with E-state index in [2.05, 4.69) is 0 Å². The molecule has 2 heterocycles. The summed E-state index contributed by atoms with van der Waals surface area (Å²) in [4.78, 5) is 26.2. The lowest BCUT2D eigenvalue weighted by Crippen LogP contribution is -2.36. The van der Waals surface area contributed by atoms with Gasteiger partial charge in [-0.25, -0.2) is 0 Å². The Balaban J connectivity index is 2.06. The van der Waals surface area contributed by atoms with E-state index in [4.69, 9.17) is 16.3 Å². The molecule has 0 bridgehead atoms. The Labute approximate surface area is 153 Å². The molecular weight excluding hydrogens is 366 g/mol. The van der Waals surface area contributed by atoms with Gasteiger partial charge in [0.05, 0.1) is 29.5 Å². The van der Waals surface area contributed by atoms with Crippen LogP contribution in [-0.4, -0.2) is 40.1 Å². The van der Waals surface area contributed by atoms with Crippen molar-refractivity contribution in [2.24, 2.45) is 0 Å². The Kier molecular flexibility index (Phi) is 4.62. The first-order valence-electron chi connectivity index (χ1n) is 7.52. The molecule has 1 atom stereocenters. The summed E-state index contributed by atoms with van der Waals surface area (Å²) in [7, 11) is 1.49. The van der Waals surface area contributed by atoms with E-state index in [-0.39, 0.29) is 23.4 Å². The van der Waals surface area contributed by atoms with Gasteiger partial charge < -0.3 is 19.8 Å². The number of allylic oxidation sites excluding steroid dienone is 2. The maximum atomic E-state index is 12.9. The van der Waals surface area contributed by atoms with Crippen LogP contribution < -0.4 is 0 Å². The lowest BCUT2D eigenvalue weighted by molar-refractivity contribution is -0.136. The van der Waals surface area contributed by atoms with Gasteiger partial charge in [0.1, 0.15) is 5.76 Å². The Hall–Kier alpha value is -2.25. The zero-order valence-electron chi connectivity index (χ0n) is 13.6. The van der Waals surface area contributed by atoms with Gasteiger partial charge in [-0.2, -0.15) is 0 Å². The predicted molar refractivity (Wildman–Crippen MR) is 93.5 cm³/mol. The van der Waals surface area contributed by atoms with Crippen LogP contribution in [0.15, 0.2) is 45.8 Å². The minimum Gasteiger partial charge on any atom is -0.499 e. The van der Waals surface area contributed by atoms with Crippen molar-refractivity contribution in [3.8, 4) is 5.06 Å². The number of thiophene rings is 1. The lowest BCUT2D eigenvalue weighted by atomic mass is 9.92. The topological polar surface area (TPSA) is 87.1 Å². The van der Waals surface area contributed by atoms with Crippen molar-refractivity contribution in [3.05, 3.63) is 50.7 Å². The molecule has 8 heteroatoms. The highest BCUT2D eigenvalue weighted by molar-refractivity contribution is 7.15. The van der Waals surface area contributed by atoms with Crippen LogP contribution in [0.4, 0.5) is 0 Å². The van der Waals surface area contributed by atoms with Gasteiger partial charge in [-0.1, -0.05) is 22.9 Å². The number of carbonyl (C=O) groups is 2. The maximum absolute atomic E-state index is 12.9. The van der Waals surface area contributed by atoms with E-state index in [1.165, 1.54) is 13.2 Å². The van der Waals surface area contributed by atoms with Gasteiger partial charge >= 0.3 is 5.97 Å². The second-order valence-electron chi connectivity index (χ2n) is 5.74. The lowest BCUT2D eigenvalue weighted by Gasteiger charge is -2.29. The number of halogens is 1. The molecule has 0 aromatic carbocycles. The summed E-state index contributed by atoms with van der Waals surface area (Å²) in [6.07, 6.45) is 1.86. The summed E-state index contributed by atoms with van der Waals surface area (Å²) >= 11 is 7.25. The second-order valence-corrected chi connectivity index (χ2v) is 7.26. The van der Waals surface area contributed by atoms with Gasteiger partial charge in [-0.05, 0) is 36.3 Å². The van der Waals surface area contributed by atoms with E-state index in [9.17, 15) is 19.8 Å². The molecule has 0 saturated carbocycles. The van der Waals surface area contributed by atoms with Gasteiger partial charge in [0.2, 0.25) is 0 Å². The molecule has 0 radical (unpaired) electrons. The molecule has 2 N–H and O–H groups in total. The molecule has 1 amide bonds. The standard InChI is InChI=1S/C17H16ClNO5S/c1-8-9(6-15(20)21)10-5-13(24-2)11(18)7-12(10)19(8)17(23)14-3-4-16(22)25-14/h3-5,12,22H,6-7H2,1-2H3,(H,20,21). The summed E-state index contributed by atoms with van der Waals surface area (Å²) < 4.78 is 5.25. The van der Waals surface area contributed by atoms with Crippen LogP contribution in [0.1, 0.15) is 29.4 Å². The summed E-state index contributed by atoms with van der Waals surface area (Å²) in [5.41, 5.74) is 1.90. The van der Waals surface area contributed by atoms with E-state index < -0.39 is 5.97 Å². The number of nitrogens with zero attached hydrogens (tertiary/aromatic N) is 1. The molecule has 3 rings (SSSR count). The van der Waals surface area contributed by atoms with Crippen LogP contribution in [0.5, 0.6) is 5.06 Å². The molecule has 1 aliphatic heterocycles. The largest absolute Gasteiger partial charge is 0.499 e. The highest BCUT2D eigenvalue weighted by Crippen LogP contribution is 2.44. The van der Waals surface area contributed by atoms with Gasteiger partial charge in [-0.15, -0.1) is 0 Å². The normalized spacial score (nSPS) is 19.9. The fourth-order valence-corrected chi connectivity index (χ4v) is 4.17. The summed E-state index contributed by atoms with van der Waals surface area (Å²) in [5, 5.41) is 19.3. The Bertz CT molecular complexity index is 851. The van der Waals surface area contributed by atoms with Crippen molar-refractivity contribution in [2.75, 3.05) is 7.11 Å². The number of carboxylic acids is 1. The van der Waals surface area contributed by atoms with Crippen molar-refractivity contribution in [1.82, 2.24) is 4.90 Å². The second kappa shape index (κ2) is 6.57. The first kappa shape index (κ1) is 17.6. The van der Waals surface area contributed by atoms with Crippen molar-refractivity contribution in [1.29, 1.82) is 0 Å². The summed E-state index contributed by atoms with van der Waals surface area (Å²) in [6.45, 7) is 1.73. The zero-order valence-corrected chi connectivity index (χ0v) is 15.1. The maximum Gasteiger partial charge on any atom is 0.307 e. The number of hydrogen-bond acceptors (Lipinski definition) is 5. The number of carbonyl (C=O) groups excluding carboxylic acids is 1. The molecule has 6 nitrogen and oxygen atoms in total. The number of aromatic hydroxyl groups is 1. The third kappa shape index (κ3) is 3.05. The third-order valence-corrected chi connectivity index (χ3v) is 5.53. The monoisotopic (exact) mass is 381 g/mol. The van der Waals surface area contributed by atoms with Gasteiger partial charge in [0.15, 0.2) is 5.06 Å². The highest BCUT2D eigenvalue weighted by Gasteiger charge is 2.41. The molecule has 0 saturated heterocycles. The zero-order chi connectivity index (χ0) is 18.3. The average Bonchev–Trinajstić information content (AvgIpc) is 3.08. The van der Waals surface area contributed by atoms with Crippen LogP contribution in [0.3, 0.4) is 0 Å². The molecule has 0 fully saturated rings. The fraction of sp³-hybridized carbons (Fsp3) is 0.294. The van der Waals surface area contributed by atoms with Crippen molar-refractivity contribution < 1.29 is 24.5 Å². The predicted octanol–water partition coefficient (Wildman–Crippen LogP) is 3.45. The first-order valence-corrected chi connectivity index (χ1v) is 8.71. The number of fused-ring (bicyclic) bond motifs is 1. The fourth-order valence-electron chi connectivity index (χ4n) is 3.21.